The number of carbonyl (C=O) groups is 1. The third-order valence-corrected chi connectivity index (χ3v) is 2.95. The van der Waals surface area contributed by atoms with Crippen molar-refractivity contribution in [3.8, 4) is 5.75 Å². The van der Waals surface area contributed by atoms with Gasteiger partial charge in [-0.3, -0.25) is 4.79 Å². The number of hydrogen-bond donors (Lipinski definition) is 1. The second-order valence-corrected chi connectivity index (χ2v) is 5.09. The summed E-state index contributed by atoms with van der Waals surface area (Å²) in [6, 6.07) is 7.31. The van der Waals surface area contributed by atoms with Crippen molar-refractivity contribution in [3.63, 3.8) is 0 Å². The number of aromatic nitrogens is 2. The van der Waals surface area contributed by atoms with Crippen LogP contribution in [-0.4, -0.2) is 22.2 Å². The molecule has 0 aliphatic carbocycles. The fraction of sp³-hybridized carbons (Fsp3) is 0.308. The first-order chi connectivity index (χ1) is 9.54. The monoisotopic (exact) mass is 339 g/mol. The molecule has 6 nitrogen and oxygen atoms in total. The van der Waals surface area contributed by atoms with E-state index < -0.39 is 6.10 Å². The molecule has 0 aliphatic rings. The van der Waals surface area contributed by atoms with Gasteiger partial charge in [-0.25, -0.2) is 0 Å². The number of carbonyl (C=O) groups excluding carboxylic acids is 1. The van der Waals surface area contributed by atoms with Crippen LogP contribution in [0.15, 0.2) is 33.3 Å². The van der Waals surface area contributed by atoms with Gasteiger partial charge in [-0.05, 0) is 32.0 Å². The molecule has 0 bridgehead atoms. The van der Waals surface area contributed by atoms with Crippen molar-refractivity contribution in [1.82, 2.24) is 15.5 Å². The molecule has 1 amide bonds. The highest BCUT2D eigenvalue weighted by atomic mass is 79.9. The van der Waals surface area contributed by atoms with Gasteiger partial charge in [-0.2, -0.15) is 4.98 Å². The highest BCUT2D eigenvalue weighted by Gasteiger charge is 2.15. The first-order valence-corrected chi connectivity index (χ1v) is 6.83. The van der Waals surface area contributed by atoms with Crippen molar-refractivity contribution in [1.29, 1.82) is 0 Å². The number of ether oxygens (including phenoxy) is 1. The molecule has 106 valence electrons. The van der Waals surface area contributed by atoms with E-state index in [0.717, 1.165) is 4.47 Å². The molecule has 0 radical (unpaired) electrons. The molecule has 20 heavy (non-hydrogen) atoms. The number of amides is 1. The van der Waals surface area contributed by atoms with Gasteiger partial charge in [0.15, 0.2) is 11.9 Å². The zero-order chi connectivity index (χ0) is 14.5. The van der Waals surface area contributed by atoms with Gasteiger partial charge in [0, 0.05) is 4.47 Å². The van der Waals surface area contributed by atoms with Gasteiger partial charge in [0.1, 0.15) is 5.75 Å². The summed E-state index contributed by atoms with van der Waals surface area (Å²) in [5, 5.41) is 6.32. The summed E-state index contributed by atoms with van der Waals surface area (Å²) in [7, 11) is 0. The molecule has 0 spiro atoms. The molecule has 1 heterocycles. The topological polar surface area (TPSA) is 77.2 Å². The summed E-state index contributed by atoms with van der Waals surface area (Å²) in [4.78, 5) is 15.9. The summed E-state index contributed by atoms with van der Waals surface area (Å²) in [6.07, 6.45) is -0.617. The van der Waals surface area contributed by atoms with Crippen LogP contribution in [0.5, 0.6) is 5.75 Å². The van der Waals surface area contributed by atoms with Gasteiger partial charge in [-0.1, -0.05) is 27.2 Å². The van der Waals surface area contributed by atoms with E-state index in [1.54, 1.807) is 26.0 Å². The van der Waals surface area contributed by atoms with Crippen LogP contribution in [0, 0.1) is 6.92 Å². The molecule has 2 rings (SSSR count). The predicted molar refractivity (Wildman–Crippen MR) is 75.1 cm³/mol. The predicted octanol–water partition coefficient (Wildman–Crippen LogP) is 2.22. The van der Waals surface area contributed by atoms with E-state index in [4.69, 9.17) is 9.26 Å². The number of benzene rings is 1. The lowest BCUT2D eigenvalue weighted by Crippen LogP contribution is -2.36. The Kier molecular flexibility index (Phi) is 4.73. The van der Waals surface area contributed by atoms with E-state index >= 15 is 0 Å². The second kappa shape index (κ2) is 6.51. The molecule has 0 unspecified atom stereocenters. The maximum Gasteiger partial charge on any atom is 0.261 e. The lowest BCUT2D eigenvalue weighted by Gasteiger charge is -2.14. The van der Waals surface area contributed by atoms with Crippen LogP contribution < -0.4 is 10.1 Å². The first kappa shape index (κ1) is 14.5. The molecule has 0 saturated carbocycles. The SMILES string of the molecule is Cc1noc(CNC(=O)[C@@H](C)Oc2cccc(Br)c2)n1. The summed E-state index contributed by atoms with van der Waals surface area (Å²) in [5.74, 6) is 1.27. The van der Waals surface area contributed by atoms with Gasteiger partial charge in [0.25, 0.3) is 5.91 Å². The third kappa shape index (κ3) is 4.06. The summed E-state index contributed by atoms with van der Waals surface area (Å²) < 4.78 is 11.3. The Bertz CT molecular complexity index is 600. The molecular weight excluding hydrogens is 326 g/mol. The van der Waals surface area contributed by atoms with Crippen LogP contribution in [0.2, 0.25) is 0 Å². The molecule has 2 aromatic rings. The van der Waals surface area contributed by atoms with Crippen LogP contribution in [0.1, 0.15) is 18.6 Å². The minimum Gasteiger partial charge on any atom is -0.481 e. The van der Waals surface area contributed by atoms with Gasteiger partial charge in [-0.15, -0.1) is 0 Å². The van der Waals surface area contributed by atoms with Crippen LogP contribution in [0.4, 0.5) is 0 Å². The van der Waals surface area contributed by atoms with E-state index in [1.807, 2.05) is 12.1 Å². The average molecular weight is 340 g/mol. The van der Waals surface area contributed by atoms with Crippen LogP contribution in [0.3, 0.4) is 0 Å². The molecule has 1 atom stereocenters. The number of hydrogen-bond acceptors (Lipinski definition) is 5. The van der Waals surface area contributed by atoms with Crippen LogP contribution in [-0.2, 0) is 11.3 Å². The smallest absolute Gasteiger partial charge is 0.261 e. The highest BCUT2D eigenvalue weighted by molar-refractivity contribution is 9.10. The second-order valence-electron chi connectivity index (χ2n) is 4.17. The molecule has 0 saturated heterocycles. The van der Waals surface area contributed by atoms with Crippen molar-refractivity contribution in [3.05, 3.63) is 40.5 Å². The van der Waals surface area contributed by atoms with Crippen molar-refractivity contribution < 1.29 is 14.1 Å². The summed E-state index contributed by atoms with van der Waals surface area (Å²) >= 11 is 3.34. The van der Waals surface area contributed by atoms with E-state index in [9.17, 15) is 4.79 Å². The Morgan fingerprint density at radius 2 is 2.35 bits per heavy atom. The van der Waals surface area contributed by atoms with Crippen molar-refractivity contribution >= 4 is 21.8 Å². The molecular formula is C13H14BrN3O3. The van der Waals surface area contributed by atoms with Crippen LogP contribution in [0.25, 0.3) is 0 Å². The molecule has 1 aromatic carbocycles. The van der Waals surface area contributed by atoms with Crippen molar-refractivity contribution in [2.24, 2.45) is 0 Å². The fourth-order valence-corrected chi connectivity index (χ4v) is 1.89. The largest absolute Gasteiger partial charge is 0.481 e. The summed E-state index contributed by atoms with van der Waals surface area (Å²) in [5.41, 5.74) is 0. The van der Waals surface area contributed by atoms with E-state index in [2.05, 4.69) is 31.4 Å². The van der Waals surface area contributed by atoms with Crippen molar-refractivity contribution in [2.45, 2.75) is 26.5 Å². The normalized spacial score (nSPS) is 11.9. The van der Waals surface area contributed by atoms with Crippen molar-refractivity contribution in [2.75, 3.05) is 0 Å². The Morgan fingerprint density at radius 3 is 3.00 bits per heavy atom. The average Bonchev–Trinajstić information content (AvgIpc) is 2.81. The zero-order valence-electron chi connectivity index (χ0n) is 11.1. The van der Waals surface area contributed by atoms with Gasteiger partial charge in [0.2, 0.25) is 5.89 Å². The maximum absolute atomic E-state index is 11.9. The first-order valence-electron chi connectivity index (χ1n) is 6.03. The zero-order valence-corrected chi connectivity index (χ0v) is 12.7. The maximum atomic E-state index is 11.9. The number of nitrogens with zero attached hydrogens (tertiary/aromatic N) is 2. The number of aryl methyl sites for hydroxylation is 1. The van der Waals surface area contributed by atoms with E-state index in [-0.39, 0.29) is 12.5 Å². The Morgan fingerprint density at radius 1 is 1.55 bits per heavy atom. The minimum atomic E-state index is -0.617. The van der Waals surface area contributed by atoms with E-state index in [1.165, 1.54) is 0 Å². The number of nitrogens with one attached hydrogen (secondary N) is 1. The molecule has 1 aromatic heterocycles. The highest BCUT2D eigenvalue weighted by Crippen LogP contribution is 2.18. The number of halogens is 1. The fourth-order valence-electron chi connectivity index (χ4n) is 1.52. The molecule has 0 aliphatic heterocycles. The molecule has 1 N–H and O–H groups in total. The molecule has 0 fully saturated rings. The summed E-state index contributed by atoms with van der Waals surface area (Å²) in [6.45, 7) is 3.58. The van der Waals surface area contributed by atoms with Gasteiger partial charge >= 0.3 is 0 Å². The number of rotatable bonds is 5. The standard InChI is InChI=1S/C13H14BrN3O3/c1-8(19-11-5-3-4-10(14)6-11)13(18)15-7-12-16-9(2)17-20-12/h3-6,8H,7H2,1-2H3,(H,15,18)/t8-/m1/s1. The lowest BCUT2D eigenvalue weighted by molar-refractivity contribution is -0.127. The Hall–Kier alpha value is -1.89. The molecule has 7 heteroatoms. The lowest BCUT2D eigenvalue weighted by atomic mass is 10.3. The third-order valence-electron chi connectivity index (χ3n) is 2.46. The van der Waals surface area contributed by atoms with Crippen LogP contribution >= 0.6 is 15.9 Å². The van der Waals surface area contributed by atoms with E-state index in [0.29, 0.717) is 17.5 Å². The van der Waals surface area contributed by atoms with Gasteiger partial charge in [0.05, 0.1) is 6.54 Å². The Balaban J connectivity index is 1.85. The quantitative estimate of drug-likeness (QED) is 0.903. The Labute approximate surface area is 124 Å². The minimum absolute atomic E-state index is 0.186. The van der Waals surface area contributed by atoms with Gasteiger partial charge < -0.3 is 14.6 Å².